The van der Waals surface area contributed by atoms with Crippen LogP contribution >= 0.6 is 0 Å². The molecule has 0 heterocycles. The molecule has 0 atom stereocenters. The summed E-state index contributed by atoms with van der Waals surface area (Å²) in [5.74, 6) is -0.230. The Morgan fingerprint density at radius 1 is 1.31 bits per heavy atom. The molecule has 0 saturated carbocycles. The van der Waals surface area contributed by atoms with E-state index < -0.39 is 0 Å². The average molecular weight is 230 g/mol. The molecule has 1 amide bonds. The summed E-state index contributed by atoms with van der Waals surface area (Å²) in [6, 6.07) is 0. The Labute approximate surface area is 98.6 Å². The zero-order valence-electron chi connectivity index (χ0n) is 10.6. The first-order valence-electron chi connectivity index (χ1n) is 6.20. The van der Waals surface area contributed by atoms with Crippen molar-refractivity contribution in [1.29, 1.82) is 0 Å². The minimum atomic E-state index is -0.230. The first-order chi connectivity index (χ1) is 7.60. The van der Waals surface area contributed by atoms with Crippen LogP contribution in [0.5, 0.6) is 0 Å². The first-order valence-corrected chi connectivity index (χ1v) is 6.20. The topological polar surface area (TPSA) is 75.3 Å². The van der Waals surface area contributed by atoms with Gasteiger partial charge in [0, 0.05) is 25.0 Å². The maximum absolute atomic E-state index is 10.5. The average Bonchev–Trinajstić information content (AvgIpc) is 2.29. The molecule has 16 heavy (non-hydrogen) atoms. The van der Waals surface area contributed by atoms with Crippen molar-refractivity contribution in [1.82, 2.24) is 5.32 Å². The number of primary amides is 1. The number of unbranched alkanes of at least 4 members (excludes halogenated alkanes) is 1. The van der Waals surface area contributed by atoms with Crippen LogP contribution in [0.15, 0.2) is 0 Å². The molecular weight excluding hydrogens is 204 g/mol. The molecule has 0 saturated heterocycles. The Morgan fingerprint density at radius 3 is 2.38 bits per heavy atom. The van der Waals surface area contributed by atoms with Gasteiger partial charge < -0.3 is 16.2 Å². The summed E-state index contributed by atoms with van der Waals surface area (Å²) in [4.78, 5) is 10.5. The van der Waals surface area contributed by atoms with E-state index in [1.807, 2.05) is 0 Å². The van der Waals surface area contributed by atoms with Gasteiger partial charge in [-0.05, 0) is 32.2 Å². The lowest BCUT2D eigenvalue weighted by Crippen LogP contribution is -2.36. The Kier molecular flexibility index (Phi) is 8.21. The van der Waals surface area contributed by atoms with Gasteiger partial charge in [0.15, 0.2) is 0 Å². The molecule has 0 aliphatic heterocycles. The molecule has 0 aromatic carbocycles. The van der Waals surface area contributed by atoms with Crippen LogP contribution in [0.4, 0.5) is 0 Å². The molecule has 0 rings (SSSR count). The summed E-state index contributed by atoms with van der Waals surface area (Å²) >= 11 is 0. The fourth-order valence-electron chi connectivity index (χ4n) is 1.68. The van der Waals surface area contributed by atoms with Gasteiger partial charge in [-0.1, -0.05) is 13.8 Å². The molecule has 0 fully saturated rings. The van der Waals surface area contributed by atoms with Crippen molar-refractivity contribution in [2.75, 3.05) is 19.7 Å². The van der Waals surface area contributed by atoms with Gasteiger partial charge in [0.1, 0.15) is 0 Å². The minimum Gasteiger partial charge on any atom is -0.396 e. The third-order valence-electron chi connectivity index (χ3n) is 3.36. The van der Waals surface area contributed by atoms with Crippen LogP contribution in [0.2, 0.25) is 0 Å². The second-order valence-electron chi connectivity index (χ2n) is 4.47. The highest BCUT2D eigenvalue weighted by molar-refractivity contribution is 5.73. The van der Waals surface area contributed by atoms with E-state index in [1.54, 1.807) is 0 Å². The highest BCUT2D eigenvalue weighted by atomic mass is 16.3. The van der Waals surface area contributed by atoms with Crippen LogP contribution in [0, 0.1) is 5.41 Å². The Morgan fingerprint density at radius 2 is 1.94 bits per heavy atom. The number of nitrogens with one attached hydrogen (secondary N) is 1. The number of hydrogen-bond donors (Lipinski definition) is 3. The normalized spacial score (nSPS) is 11.7. The van der Waals surface area contributed by atoms with E-state index in [-0.39, 0.29) is 17.9 Å². The molecule has 4 heteroatoms. The minimum absolute atomic E-state index is 0.0175. The van der Waals surface area contributed by atoms with E-state index in [1.165, 1.54) is 0 Å². The maximum Gasteiger partial charge on any atom is 0.217 e. The number of amides is 1. The van der Waals surface area contributed by atoms with Crippen molar-refractivity contribution in [3.8, 4) is 0 Å². The summed E-state index contributed by atoms with van der Waals surface area (Å²) in [6.07, 6.45) is 4.22. The van der Waals surface area contributed by atoms with E-state index in [0.717, 1.165) is 38.8 Å². The summed E-state index contributed by atoms with van der Waals surface area (Å²) in [6.45, 7) is 6.17. The van der Waals surface area contributed by atoms with Crippen LogP contribution in [0.3, 0.4) is 0 Å². The summed E-state index contributed by atoms with van der Waals surface area (Å²) < 4.78 is 0. The lowest BCUT2D eigenvalue weighted by molar-refractivity contribution is -0.118. The molecule has 0 radical (unpaired) electrons. The quantitative estimate of drug-likeness (QED) is 0.491. The van der Waals surface area contributed by atoms with Crippen LogP contribution in [-0.4, -0.2) is 30.7 Å². The fourth-order valence-corrected chi connectivity index (χ4v) is 1.68. The number of carbonyl (C=O) groups excluding carboxylic acids is 1. The van der Waals surface area contributed by atoms with Gasteiger partial charge in [0.2, 0.25) is 5.91 Å². The summed E-state index contributed by atoms with van der Waals surface area (Å²) in [5, 5.41) is 12.7. The Bertz CT molecular complexity index is 183. The van der Waals surface area contributed by atoms with E-state index in [4.69, 9.17) is 5.73 Å². The third-order valence-corrected chi connectivity index (χ3v) is 3.36. The second-order valence-corrected chi connectivity index (χ2v) is 4.47. The first kappa shape index (κ1) is 15.4. The predicted molar refractivity (Wildman–Crippen MR) is 66.0 cm³/mol. The van der Waals surface area contributed by atoms with Gasteiger partial charge in [-0.15, -0.1) is 0 Å². The smallest absolute Gasteiger partial charge is 0.217 e. The fraction of sp³-hybridized carbons (Fsp3) is 0.917. The summed E-state index contributed by atoms with van der Waals surface area (Å²) in [5.41, 5.74) is 5.07. The number of aliphatic hydroxyl groups excluding tert-OH is 1. The van der Waals surface area contributed by atoms with E-state index in [2.05, 4.69) is 19.2 Å². The number of hydrogen-bond acceptors (Lipinski definition) is 3. The second kappa shape index (κ2) is 8.53. The largest absolute Gasteiger partial charge is 0.396 e. The lowest BCUT2D eigenvalue weighted by atomic mass is 9.83. The molecule has 0 aromatic rings. The maximum atomic E-state index is 10.5. The molecule has 0 bridgehead atoms. The van der Waals surface area contributed by atoms with Crippen LogP contribution in [-0.2, 0) is 4.79 Å². The number of nitrogens with two attached hydrogens (primary N) is 1. The van der Waals surface area contributed by atoms with Crippen LogP contribution < -0.4 is 11.1 Å². The molecular formula is C12H26N2O2. The van der Waals surface area contributed by atoms with Gasteiger partial charge in [-0.2, -0.15) is 0 Å². The number of aliphatic hydroxyl groups is 1. The monoisotopic (exact) mass is 230 g/mol. The molecule has 0 spiro atoms. The zero-order valence-corrected chi connectivity index (χ0v) is 10.6. The highest BCUT2D eigenvalue weighted by Crippen LogP contribution is 2.24. The zero-order chi connectivity index (χ0) is 12.4. The lowest BCUT2D eigenvalue weighted by Gasteiger charge is -2.29. The molecule has 96 valence electrons. The van der Waals surface area contributed by atoms with Gasteiger partial charge in [0.25, 0.3) is 0 Å². The van der Waals surface area contributed by atoms with Crippen molar-refractivity contribution in [3.63, 3.8) is 0 Å². The molecule has 4 nitrogen and oxygen atoms in total. The van der Waals surface area contributed by atoms with Crippen LogP contribution in [0.1, 0.15) is 46.0 Å². The van der Waals surface area contributed by atoms with Crippen molar-refractivity contribution < 1.29 is 9.90 Å². The van der Waals surface area contributed by atoms with Gasteiger partial charge in [-0.25, -0.2) is 0 Å². The van der Waals surface area contributed by atoms with Crippen molar-refractivity contribution >= 4 is 5.91 Å². The van der Waals surface area contributed by atoms with Crippen molar-refractivity contribution in [3.05, 3.63) is 0 Å². The van der Waals surface area contributed by atoms with Crippen molar-refractivity contribution in [2.45, 2.75) is 46.0 Å². The molecule has 0 aliphatic carbocycles. The van der Waals surface area contributed by atoms with Crippen LogP contribution in [0.25, 0.3) is 0 Å². The standard InChI is InChI=1S/C12H26N2O2/c1-3-12(4-2,10-15)9-14-8-6-5-7-11(13)16/h14-15H,3-10H2,1-2H3,(H2,13,16). The molecule has 0 unspecified atom stereocenters. The van der Waals surface area contributed by atoms with Gasteiger partial charge >= 0.3 is 0 Å². The van der Waals surface area contributed by atoms with E-state index >= 15 is 0 Å². The predicted octanol–water partition coefficient (Wildman–Crippen LogP) is 1.03. The third kappa shape index (κ3) is 6.08. The molecule has 0 aromatic heterocycles. The molecule has 0 aliphatic rings. The Hall–Kier alpha value is -0.610. The summed E-state index contributed by atoms with van der Waals surface area (Å²) in [7, 11) is 0. The SMILES string of the molecule is CCC(CC)(CO)CNCCCCC(N)=O. The van der Waals surface area contributed by atoms with Crippen molar-refractivity contribution in [2.24, 2.45) is 11.1 Å². The molecule has 4 N–H and O–H groups in total. The van der Waals surface area contributed by atoms with E-state index in [9.17, 15) is 9.90 Å². The Balaban J connectivity index is 3.59. The highest BCUT2D eigenvalue weighted by Gasteiger charge is 2.24. The van der Waals surface area contributed by atoms with Gasteiger partial charge in [-0.3, -0.25) is 4.79 Å². The van der Waals surface area contributed by atoms with E-state index in [0.29, 0.717) is 6.42 Å². The number of rotatable bonds is 10. The number of carbonyl (C=O) groups is 1. The van der Waals surface area contributed by atoms with Gasteiger partial charge in [0.05, 0.1) is 0 Å².